The predicted molar refractivity (Wildman–Crippen MR) is 157 cm³/mol. The van der Waals surface area contributed by atoms with Crippen LogP contribution < -0.4 is 11.1 Å². The molecule has 0 unspecified atom stereocenters. The van der Waals surface area contributed by atoms with Crippen LogP contribution in [0.1, 0.15) is 18.4 Å². The molecule has 9 nitrogen and oxygen atoms in total. The minimum atomic E-state index is -0.544. The van der Waals surface area contributed by atoms with Gasteiger partial charge in [0.1, 0.15) is 40.8 Å². The molecule has 2 fully saturated rings. The molecule has 1 aliphatic carbocycles. The molecule has 1 saturated heterocycles. The molecule has 5 aromatic rings. The molecule has 3 N–H and O–H groups in total. The van der Waals surface area contributed by atoms with Crippen LogP contribution >= 0.6 is 15.9 Å². The zero-order valence-corrected chi connectivity index (χ0v) is 23.3. The third kappa shape index (κ3) is 4.10. The van der Waals surface area contributed by atoms with Crippen LogP contribution in [0.15, 0.2) is 71.6 Å². The number of pyridine rings is 1. The number of nitrogens with two attached hydrogens (primary N) is 1. The third-order valence-electron chi connectivity index (χ3n) is 8.08. The minimum absolute atomic E-state index is 0.0439. The summed E-state index contributed by atoms with van der Waals surface area (Å²) in [7, 11) is 0. The van der Waals surface area contributed by atoms with Crippen LogP contribution in [0.2, 0.25) is 0 Å². The zero-order chi connectivity index (χ0) is 27.5. The van der Waals surface area contributed by atoms with Gasteiger partial charge in [-0.3, -0.25) is 9.59 Å². The normalized spacial score (nSPS) is 19.6. The molecule has 10 heteroatoms. The monoisotopic (exact) mass is 595 g/mol. The van der Waals surface area contributed by atoms with Crippen LogP contribution in [0.3, 0.4) is 0 Å². The Morgan fingerprint density at radius 3 is 2.75 bits per heavy atom. The quantitative estimate of drug-likeness (QED) is 0.278. The van der Waals surface area contributed by atoms with Crippen LogP contribution in [0, 0.1) is 12.8 Å². The second-order valence-electron chi connectivity index (χ2n) is 10.5. The number of rotatable bonds is 5. The molecule has 0 radical (unpaired) electrons. The second kappa shape index (κ2) is 9.41. The van der Waals surface area contributed by atoms with E-state index in [4.69, 9.17) is 5.73 Å². The van der Waals surface area contributed by atoms with E-state index < -0.39 is 6.04 Å². The van der Waals surface area contributed by atoms with Crippen molar-refractivity contribution >= 4 is 61.3 Å². The Balaban J connectivity index is 1.24. The molecule has 2 amide bonds. The number of amides is 2. The van der Waals surface area contributed by atoms with Crippen molar-refractivity contribution in [3.8, 4) is 11.1 Å². The van der Waals surface area contributed by atoms with Crippen LogP contribution in [0.5, 0.6) is 0 Å². The number of anilines is 2. The van der Waals surface area contributed by atoms with Crippen LogP contribution in [-0.2, 0) is 16.1 Å². The highest BCUT2D eigenvalue weighted by molar-refractivity contribution is 9.10. The molecular formula is C30H26BrN7O2. The second-order valence-corrected chi connectivity index (χ2v) is 11.4. The molecule has 4 heterocycles. The molecule has 3 aromatic heterocycles. The molecule has 1 aliphatic heterocycles. The Hall–Kier alpha value is -4.31. The first-order chi connectivity index (χ1) is 19.4. The number of carbonyl (C=O) groups is 2. The lowest BCUT2D eigenvalue weighted by atomic mass is 9.99. The lowest BCUT2D eigenvalue weighted by molar-refractivity contribution is -0.138. The van der Waals surface area contributed by atoms with Gasteiger partial charge >= 0.3 is 0 Å². The van der Waals surface area contributed by atoms with E-state index >= 15 is 0 Å². The first kappa shape index (κ1) is 24.7. The number of hydrogen-bond donors (Lipinski definition) is 2. The Morgan fingerprint density at radius 1 is 1.07 bits per heavy atom. The number of halogens is 1. The number of piperidine rings is 1. The molecule has 0 bridgehead atoms. The van der Waals surface area contributed by atoms with Gasteiger partial charge < -0.3 is 20.5 Å². The number of carbonyl (C=O) groups excluding carboxylic acids is 2. The number of fused-ring (bicyclic) bond motifs is 4. The van der Waals surface area contributed by atoms with Gasteiger partial charge in [-0.05, 0) is 82.6 Å². The number of nitrogens with zero attached hydrogens (tertiary/aromatic N) is 5. The molecule has 1 saturated carbocycles. The van der Waals surface area contributed by atoms with Crippen molar-refractivity contribution in [2.24, 2.45) is 5.92 Å². The fraction of sp³-hybridized carbons (Fsp3) is 0.233. The largest absolute Gasteiger partial charge is 0.383 e. The van der Waals surface area contributed by atoms with Crippen LogP contribution in [0.25, 0.3) is 33.1 Å². The van der Waals surface area contributed by atoms with Crippen LogP contribution in [0.4, 0.5) is 11.6 Å². The van der Waals surface area contributed by atoms with Crippen molar-refractivity contribution in [3.05, 3.63) is 77.2 Å². The number of aryl methyl sites for hydroxylation is 1. The first-order valence-electron chi connectivity index (χ1n) is 13.2. The Bertz CT molecular complexity index is 1830. The Kier molecular flexibility index (Phi) is 5.81. The fourth-order valence-electron chi connectivity index (χ4n) is 6.12. The maximum atomic E-state index is 13.9. The van der Waals surface area contributed by atoms with E-state index in [2.05, 4.69) is 67.4 Å². The van der Waals surface area contributed by atoms with Gasteiger partial charge in [0.25, 0.3) is 0 Å². The van der Waals surface area contributed by atoms with E-state index in [0.717, 1.165) is 33.8 Å². The summed E-state index contributed by atoms with van der Waals surface area (Å²) in [6.07, 6.45) is 3.00. The molecule has 3 atom stereocenters. The number of aromatic nitrogens is 4. The summed E-state index contributed by atoms with van der Waals surface area (Å²) in [4.78, 5) is 42.0. The summed E-state index contributed by atoms with van der Waals surface area (Å²) in [6, 6.07) is 19.2. The summed E-state index contributed by atoms with van der Waals surface area (Å²) >= 11 is 3.34. The van der Waals surface area contributed by atoms with Gasteiger partial charge in [0.05, 0.1) is 10.9 Å². The number of benzene rings is 2. The number of hydrogen-bond acceptors (Lipinski definition) is 6. The van der Waals surface area contributed by atoms with Gasteiger partial charge in [0.15, 0.2) is 0 Å². The molecule has 200 valence electrons. The molecule has 2 aromatic carbocycles. The van der Waals surface area contributed by atoms with Crippen molar-refractivity contribution < 1.29 is 9.59 Å². The van der Waals surface area contributed by atoms with Gasteiger partial charge in [-0.1, -0.05) is 36.4 Å². The molecule has 2 aliphatic rings. The molecule has 0 spiro atoms. The molecular weight excluding hydrogens is 570 g/mol. The highest BCUT2D eigenvalue weighted by atomic mass is 79.9. The Morgan fingerprint density at radius 2 is 1.93 bits per heavy atom. The van der Waals surface area contributed by atoms with Gasteiger partial charge in [-0.25, -0.2) is 15.0 Å². The van der Waals surface area contributed by atoms with Crippen molar-refractivity contribution in [2.75, 3.05) is 11.1 Å². The van der Waals surface area contributed by atoms with Crippen molar-refractivity contribution in [3.63, 3.8) is 0 Å². The van der Waals surface area contributed by atoms with E-state index in [1.807, 2.05) is 28.8 Å². The molecule has 40 heavy (non-hydrogen) atoms. The number of nitrogen functional groups attached to an aromatic ring is 1. The lowest BCUT2D eigenvalue weighted by Gasteiger charge is -2.27. The van der Waals surface area contributed by atoms with Crippen LogP contribution in [-0.4, -0.2) is 48.3 Å². The third-order valence-corrected chi connectivity index (χ3v) is 8.52. The highest BCUT2D eigenvalue weighted by Gasteiger charge is 2.56. The number of likely N-dealkylation sites (tertiary alicyclic amines) is 1. The first-order valence-corrected chi connectivity index (χ1v) is 14.0. The average Bonchev–Trinajstić information content (AvgIpc) is 3.48. The maximum absolute atomic E-state index is 13.9. The van der Waals surface area contributed by atoms with Gasteiger partial charge in [0.2, 0.25) is 11.8 Å². The average molecular weight is 596 g/mol. The fourth-order valence-corrected chi connectivity index (χ4v) is 6.46. The summed E-state index contributed by atoms with van der Waals surface area (Å²) < 4.78 is 2.53. The zero-order valence-electron chi connectivity index (χ0n) is 21.7. The highest BCUT2D eigenvalue weighted by Crippen LogP contribution is 2.48. The summed E-state index contributed by atoms with van der Waals surface area (Å²) in [5.41, 5.74) is 11.2. The van der Waals surface area contributed by atoms with E-state index in [9.17, 15) is 9.59 Å². The summed E-state index contributed by atoms with van der Waals surface area (Å²) in [6.45, 7) is 2.13. The SMILES string of the molecule is Cc1ccccc1-c1ccc2c(c1)c1c(N)ncnc1n2CC(=O)N1[C@@H]2C[C@@H]2C[C@H]1C(=O)Nc1cccc(Br)n1. The number of nitrogens with one attached hydrogen (secondary N) is 1. The summed E-state index contributed by atoms with van der Waals surface area (Å²) in [5, 5.41) is 4.50. The predicted octanol–water partition coefficient (Wildman–Crippen LogP) is 4.93. The molecule has 7 rings (SSSR count). The summed E-state index contributed by atoms with van der Waals surface area (Å²) in [5.74, 6) is 0.828. The lowest BCUT2D eigenvalue weighted by Crippen LogP contribution is -2.46. The van der Waals surface area contributed by atoms with Gasteiger partial charge in [0, 0.05) is 11.4 Å². The van der Waals surface area contributed by atoms with E-state index in [-0.39, 0.29) is 24.4 Å². The smallest absolute Gasteiger partial charge is 0.248 e. The maximum Gasteiger partial charge on any atom is 0.248 e. The standard InChI is InChI=1S/C30H26BrN7O2/c1-16-5-2-3-6-19(16)17-9-10-21-20(11-17)27-28(32)33-15-34-29(27)37(21)14-26(39)38-22-12-18(22)13-23(38)30(40)36-25-8-4-7-24(31)35-25/h2-11,15,18,22-23H,12-14H2,1H3,(H2,32,33,34)(H,35,36,40)/t18-,22-,23+/m1/s1. The minimum Gasteiger partial charge on any atom is -0.383 e. The van der Waals surface area contributed by atoms with E-state index in [0.29, 0.717) is 34.2 Å². The van der Waals surface area contributed by atoms with E-state index in [1.54, 1.807) is 17.0 Å². The van der Waals surface area contributed by atoms with Crippen molar-refractivity contribution in [2.45, 2.75) is 38.4 Å². The van der Waals surface area contributed by atoms with Crippen molar-refractivity contribution in [1.82, 2.24) is 24.4 Å². The topological polar surface area (TPSA) is 119 Å². The van der Waals surface area contributed by atoms with Crippen molar-refractivity contribution in [1.29, 1.82) is 0 Å². The Labute approximate surface area is 238 Å². The van der Waals surface area contributed by atoms with Gasteiger partial charge in [-0.2, -0.15) is 0 Å². The van der Waals surface area contributed by atoms with Gasteiger partial charge in [-0.15, -0.1) is 0 Å². The van der Waals surface area contributed by atoms with E-state index in [1.165, 1.54) is 11.9 Å².